The van der Waals surface area contributed by atoms with Crippen molar-refractivity contribution in [2.75, 3.05) is 9.80 Å². The highest BCUT2D eigenvalue weighted by Gasteiger charge is 2.46. The average molecular weight is 668 g/mol. The second kappa shape index (κ2) is 12.5. The molecule has 0 aliphatic carbocycles. The Bertz CT molecular complexity index is 2490. The summed E-state index contributed by atoms with van der Waals surface area (Å²) in [5, 5.41) is 0. The van der Waals surface area contributed by atoms with Crippen LogP contribution >= 0.6 is 0 Å². The summed E-state index contributed by atoms with van der Waals surface area (Å²) in [5.41, 5.74) is 14.3. The molecule has 2 aromatic heterocycles. The average Bonchev–Trinajstić information content (AvgIpc) is 3.51. The Morgan fingerprint density at radius 1 is 0.423 bits per heavy atom. The van der Waals surface area contributed by atoms with E-state index >= 15 is 0 Å². The van der Waals surface area contributed by atoms with E-state index in [0.29, 0.717) is 5.82 Å². The summed E-state index contributed by atoms with van der Waals surface area (Å²) in [7, 11) is 0. The van der Waals surface area contributed by atoms with Crippen LogP contribution in [-0.2, 0) is 0 Å². The second-order valence-corrected chi connectivity index (χ2v) is 13.3. The van der Waals surface area contributed by atoms with Crippen molar-refractivity contribution in [2.24, 2.45) is 0 Å². The van der Waals surface area contributed by atoms with E-state index in [2.05, 4.69) is 166 Å². The molecule has 0 N–H and O–H groups in total. The molecule has 0 saturated carbocycles. The predicted molar refractivity (Wildman–Crippen MR) is 210 cm³/mol. The minimum atomic E-state index is -0.0225. The monoisotopic (exact) mass is 667 g/mol. The molecule has 4 heterocycles. The van der Waals surface area contributed by atoms with Gasteiger partial charge in [0, 0.05) is 40.2 Å². The van der Waals surface area contributed by atoms with Crippen molar-refractivity contribution in [3.63, 3.8) is 0 Å². The second-order valence-electron chi connectivity index (χ2n) is 13.3. The molecule has 2 aliphatic heterocycles. The molecule has 0 amide bonds. The summed E-state index contributed by atoms with van der Waals surface area (Å²) in [6, 6.07) is 62.1. The highest BCUT2D eigenvalue weighted by Crippen LogP contribution is 2.61. The van der Waals surface area contributed by atoms with E-state index in [1.54, 1.807) is 0 Å². The lowest BCUT2D eigenvalue weighted by atomic mass is 9.84. The first-order valence-corrected chi connectivity index (χ1v) is 17.7. The summed E-state index contributed by atoms with van der Waals surface area (Å²) in [6.07, 6.45) is 3.96. The summed E-state index contributed by atoms with van der Waals surface area (Å²) >= 11 is 0. The number of aromatic nitrogens is 3. The minimum Gasteiger partial charge on any atom is -0.331 e. The molecule has 10 rings (SSSR count). The lowest BCUT2D eigenvalue weighted by Crippen LogP contribution is -2.22. The lowest BCUT2D eigenvalue weighted by molar-refractivity contribution is 0.665. The van der Waals surface area contributed by atoms with Gasteiger partial charge in [0.25, 0.3) is 0 Å². The summed E-state index contributed by atoms with van der Waals surface area (Å²) in [6.45, 7) is 0. The van der Waals surface area contributed by atoms with Gasteiger partial charge in [0.15, 0.2) is 5.82 Å². The number of hydrogen-bond donors (Lipinski definition) is 0. The van der Waals surface area contributed by atoms with Crippen LogP contribution < -0.4 is 9.80 Å². The molecule has 2 aliphatic rings. The highest BCUT2D eigenvalue weighted by atomic mass is 15.2. The van der Waals surface area contributed by atoms with Crippen molar-refractivity contribution >= 4 is 28.4 Å². The van der Waals surface area contributed by atoms with Crippen LogP contribution in [0.15, 0.2) is 188 Å². The van der Waals surface area contributed by atoms with Gasteiger partial charge >= 0.3 is 0 Å². The maximum atomic E-state index is 5.17. The number of fused-ring (bicyclic) bond motifs is 7. The number of pyridine rings is 1. The van der Waals surface area contributed by atoms with Crippen LogP contribution in [0.5, 0.6) is 0 Å². The molecule has 0 fully saturated rings. The third-order valence-electron chi connectivity index (χ3n) is 10.3. The number of para-hydroxylation sites is 3. The minimum absolute atomic E-state index is 0.0225. The molecule has 0 bridgehead atoms. The zero-order chi connectivity index (χ0) is 34.4. The highest BCUT2D eigenvalue weighted by molar-refractivity contribution is 5.88. The largest absolute Gasteiger partial charge is 0.331 e. The molecule has 0 saturated heterocycles. The molecule has 0 radical (unpaired) electrons. The molecule has 2 unspecified atom stereocenters. The Labute approximate surface area is 303 Å². The van der Waals surface area contributed by atoms with Crippen LogP contribution in [0.1, 0.15) is 28.7 Å². The number of hydrogen-bond acceptors (Lipinski definition) is 5. The number of anilines is 5. The molecule has 52 heavy (non-hydrogen) atoms. The van der Waals surface area contributed by atoms with Gasteiger partial charge in [0.1, 0.15) is 0 Å². The van der Waals surface area contributed by atoms with Crippen molar-refractivity contribution in [3.05, 3.63) is 205 Å². The summed E-state index contributed by atoms with van der Waals surface area (Å²) in [4.78, 5) is 19.8. The van der Waals surface area contributed by atoms with Gasteiger partial charge in [0.2, 0.25) is 0 Å². The molecule has 2 atom stereocenters. The van der Waals surface area contributed by atoms with Gasteiger partial charge in [0.05, 0.1) is 40.7 Å². The van der Waals surface area contributed by atoms with Crippen molar-refractivity contribution in [1.82, 2.24) is 15.0 Å². The zero-order valence-corrected chi connectivity index (χ0v) is 28.3. The van der Waals surface area contributed by atoms with E-state index in [0.717, 1.165) is 45.1 Å². The summed E-state index contributed by atoms with van der Waals surface area (Å²) in [5.74, 6) is 0.773. The number of nitrogens with zero attached hydrogens (tertiary/aromatic N) is 5. The first kappa shape index (κ1) is 30.0. The maximum Gasteiger partial charge on any atom is 0.160 e. The van der Waals surface area contributed by atoms with E-state index in [4.69, 9.17) is 9.97 Å². The van der Waals surface area contributed by atoms with Gasteiger partial charge in [-0.2, -0.15) is 0 Å². The van der Waals surface area contributed by atoms with Crippen molar-refractivity contribution < 1.29 is 0 Å². The van der Waals surface area contributed by atoms with Crippen molar-refractivity contribution in [3.8, 4) is 33.9 Å². The van der Waals surface area contributed by atoms with Gasteiger partial charge in [-0.05, 0) is 65.2 Å². The smallest absolute Gasteiger partial charge is 0.160 e. The van der Waals surface area contributed by atoms with E-state index in [-0.39, 0.29) is 12.0 Å². The van der Waals surface area contributed by atoms with E-state index in [1.807, 2.05) is 36.7 Å². The van der Waals surface area contributed by atoms with Gasteiger partial charge in [-0.25, -0.2) is 9.97 Å². The van der Waals surface area contributed by atoms with E-state index < -0.39 is 0 Å². The first-order valence-electron chi connectivity index (χ1n) is 17.7. The Kier molecular flexibility index (Phi) is 7.21. The maximum absolute atomic E-state index is 5.17. The fourth-order valence-electron chi connectivity index (χ4n) is 8.05. The fraction of sp³-hybridized carbons (Fsp3) is 0.0426. The van der Waals surface area contributed by atoms with E-state index in [1.165, 1.54) is 28.1 Å². The Balaban J connectivity index is 1.17. The molecule has 5 nitrogen and oxygen atoms in total. The lowest BCUT2D eigenvalue weighted by Gasteiger charge is -2.32. The van der Waals surface area contributed by atoms with Crippen molar-refractivity contribution in [1.29, 1.82) is 0 Å². The SMILES string of the molecule is c1ccc(-c2cc(-c3cccc(N4c5cnccc5C5c6ccccc6N(c6ccccc6)c6ccccc6C54)c3)nc(-c3ccccc3)n2)cc1. The molecule has 6 aromatic carbocycles. The predicted octanol–water partition coefficient (Wildman–Crippen LogP) is 11.7. The molecular weight excluding hydrogens is 635 g/mol. The van der Waals surface area contributed by atoms with Crippen LogP contribution in [0, 0.1) is 0 Å². The first-order chi connectivity index (χ1) is 25.8. The van der Waals surface area contributed by atoms with Gasteiger partial charge < -0.3 is 9.80 Å². The van der Waals surface area contributed by atoms with Gasteiger partial charge in [-0.3, -0.25) is 4.98 Å². The number of rotatable bonds is 5. The molecule has 8 aromatic rings. The summed E-state index contributed by atoms with van der Waals surface area (Å²) < 4.78 is 0. The van der Waals surface area contributed by atoms with E-state index in [9.17, 15) is 0 Å². The van der Waals surface area contributed by atoms with Crippen LogP contribution in [0.4, 0.5) is 28.4 Å². The van der Waals surface area contributed by atoms with Crippen LogP contribution in [0.25, 0.3) is 33.9 Å². The van der Waals surface area contributed by atoms with Crippen LogP contribution in [-0.4, -0.2) is 15.0 Å². The molecule has 246 valence electrons. The third kappa shape index (κ3) is 4.97. The topological polar surface area (TPSA) is 45.2 Å². The molecular formula is C47H33N5. The Hall–Kier alpha value is -6.85. The van der Waals surface area contributed by atoms with Gasteiger partial charge in [-0.15, -0.1) is 0 Å². The zero-order valence-electron chi connectivity index (χ0n) is 28.3. The van der Waals surface area contributed by atoms with Gasteiger partial charge in [-0.1, -0.05) is 127 Å². The molecule has 5 heteroatoms. The van der Waals surface area contributed by atoms with Crippen molar-refractivity contribution in [2.45, 2.75) is 12.0 Å². The third-order valence-corrected chi connectivity index (χ3v) is 10.3. The standard InChI is InChI=1S/C47H33N5/c1-4-15-32(16-5-1)40-30-41(50-47(49-40)33-17-6-2-7-18-33)34-19-14-22-36(29-34)52-44-31-48-28-27-38(44)45-37-23-10-12-25-42(37)51(35-20-8-3-9-21-35)43-26-13-11-24-39(43)46(45)52/h1-31,45-46H. The fourth-order valence-corrected chi connectivity index (χ4v) is 8.05. The number of benzene rings is 6. The molecule has 0 spiro atoms. The Morgan fingerprint density at radius 3 is 1.73 bits per heavy atom. The normalized spacial score (nSPS) is 15.6. The van der Waals surface area contributed by atoms with Crippen LogP contribution in [0.2, 0.25) is 0 Å². The Morgan fingerprint density at radius 2 is 0.981 bits per heavy atom. The van der Waals surface area contributed by atoms with Crippen LogP contribution in [0.3, 0.4) is 0 Å². The quantitative estimate of drug-likeness (QED) is 0.183.